The van der Waals surface area contributed by atoms with Crippen LogP contribution in [0.4, 0.5) is 0 Å². The van der Waals surface area contributed by atoms with Crippen LogP contribution in [0.2, 0.25) is 15.1 Å². The number of benzene rings is 2. The molecular weight excluding hydrogens is 389 g/mol. The van der Waals surface area contributed by atoms with Gasteiger partial charge >= 0.3 is 0 Å². The second-order valence-electron chi connectivity index (χ2n) is 6.74. The molecule has 1 aliphatic rings. The third kappa shape index (κ3) is 3.70. The van der Waals surface area contributed by atoms with Crippen molar-refractivity contribution < 1.29 is 4.79 Å². The van der Waals surface area contributed by atoms with E-state index >= 15 is 0 Å². The molecule has 3 unspecified atom stereocenters. The van der Waals surface area contributed by atoms with Gasteiger partial charge in [0, 0.05) is 26.9 Å². The summed E-state index contributed by atoms with van der Waals surface area (Å²) >= 11 is 18.7. The van der Waals surface area contributed by atoms with E-state index in [4.69, 9.17) is 40.5 Å². The molecule has 0 amide bonds. The standard InChI is InChI=1S/C21H20Cl3NO/c1-12-8-17(16-7-6-15(23)9-20(16)24)21(18(10-25)19(12)11-26)13-2-4-14(22)5-3-13/h2-9,11,17-19,21H,10,25H2,1H3/t17?,18?,19?,21-/m0/s1. The minimum absolute atomic E-state index is 0.00527. The van der Waals surface area contributed by atoms with Crippen molar-refractivity contribution >= 4 is 41.1 Å². The van der Waals surface area contributed by atoms with Crippen LogP contribution < -0.4 is 5.73 Å². The van der Waals surface area contributed by atoms with Crippen molar-refractivity contribution in [2.75, 3.05) is 6.54 Å². The van der Waals surface area contributed by atoms with Gasteiger partial charge in [-0.3, -0.25) is 0 Å². The van der Waals surface area contributed by atoms with Crippen LogP contribution in [-0.2, 0) is 4.79 Å². The molecule has 0 fully saturated rings. The molecule has 0 spiro atoms. The maximum absolute atomic E-state index is 11.8. The van der Waals surface area contributed by atoms with E-state index < -0.39 is 0 Å². The highest BCUT2D eigenvalue weighted by Gasteiger charge is 2.40. The number of halogens is 3. The van der Waals surface area contributed by atoms with E-state index in [9.17, 15) is 4.79 Å². The molecule has 5 heteroatoms. The van der Waals surface area contributed by atoms with Gasteiger partial charge in [0.05, 0.1) is 0 Å². The summed E-state index contributed by atoms with van der Waals surface area (Å²) < 4.78 is 0. The molecule has 136 valence electrons. The van der Waals surface area contributed by atoms with Gasteiger partial charge in [-0.2, -0.15) is 0 Å². The minimum atomic E-state index is -0.206. The summed E-state index contributed by atoms with van der Waals surface area (Å²) in [6.45, 7) is 2.39. The first-order valence-electron chi connectivity index (χ1n) is 8.50. The number of nitrogens with two attached hydrogens (primary N) is 1. The molecule has 26 heavy (non-hydrogen) atoms. The number of aldehydes is 1. The van der Waals surface area contributed by atoms with Crippen molar-refractivity contribution in [1.82, 2.24) is 0 Å². The summed E-state index contributed by atoms with van der Waals surface area (Å²) in [5.41, 5.74) is 9.23. The second-order valence-corrected chi connectivity index (χ2v) is 8.02. The van der Waals surface area contributed by atoms with Gasteiger partial charge in [-0.1, -0.05) is 64.7 Å². The summed E-state index contributed by atoms with van der Waals surface area (Å²) in [6.07, 6.45) is 3.14. The molecule has 0 aromatic heterocycles. The van der Waals surface area contributed by atoms with E-state index in [0.717, 1.165) is 23.0 Å². The Morgan fingerprint density at radius 3 is 2.27 bits per heavy atom. The Kier molecular flexibility index (Phi) is 6.09. The van der Waals surface area contributed by atoms with Crippen LogP contribution in [0.25, 0.3) is 0 Å². The fourth-order valence-electron chi connectivity index (χ4n) is 4.02. The summed E-state index contributed by atoms with van der Waals surface area (Å²) in [4.78, 5) is 11.8. The number of carbonyl (C=O) groups excluding carboxylic acids is 1. The lowest BCUT2D eigenvalue weighted by Crippen LogP contribution is -2.37. The van der Waals surface area contributed by atoms with Gasteiger partial charge in [-0.25, -0.2) is 0 Å². The number of hydrogen-bond acceptors (Lipinski definition) is 2. The Bertz CT molecular complexity index is 832. The Balaban J connectivity index is 2.18. The highest BCUT2D eigenvalue weighted by molar-refractivity contribution is 6.35. The first kappa shape index (κ1) is 19.4. The molecule has 2 nitrogen and oxygen atoms in total. The monoisotopic (exact) mass is 407 g/mol. The third-order valence-corrected chi connectivity index (χ3v) is 6.09. The molecule has 0 bridgehead atoms. The maximum Gasteiger partial charge on any atom is 0.127 e. The number of hydrogen-bond donors (Lipinski definition) is 1. The number of allylic oxidation sites excluding steroid dienone is 2. The molecule has 2 aromatic carbocycles. The van der Waals surface area contributed by atoms with Crippen molar-refractivity contribution in [2.45, 2.75) is 18.8 Å². The molecular formula is C21H20Cl3NO. The van der Waals surface area contributed by atoms with Crippen LogP contribution in [0, 0.1) is 11.8 Å². The zero-order valence-corrected chi connectivity index (χ0v) is 16.6. The Labute approximate surface area is 168 Å². The van der Waals surface area contributed by atoms with Gasteiger partial charge < -0.3 is 10.5 Å². The maximum atomic E-state index is 11.8. The van der Waals surface area contributed by atoms with Gasteiger partial charge in [-0.15, -0.1) is 0 Å². The topological polar surface area (TPSA) is 43.1 Å². The fraction of sp³-hybridized carbons (Fsp3) is 0.286. The van der Waals surface area contributed by atoms with Crippen molar-refractivity contribution in [1.29, 1.82) is 0 Å². The van der Waals surface area contributed by atoms with Gasteiger partial charge in [0.2, 0.25) is 0 Å². The third-order valence-electron chi connectivity index (χ3n) is 5.27. The molecule has 3 rings (SSSR count). The molecule has 0 saturated heterocycles. The summed E-state index contributed by atoms with van der Waals surface area (Å²) in [5.74, 6) is -0.195. The van der Waals surface area contributed by atoms with E-state index in [1.807, 2.05) is 43.3 Å². The SMILES string of the molecule is CC1=CC(c2ccc(Cl)cc2Cl)[C@H](c2ccc(Cl)cc2)C(CN)C1C=O. The molecule has 2 aromatic rings. The van der Waals surface area contributed by atoms with E-state index in [0.29, 0.717) is 21.6 Å². The lowest BCUT2D eigenvalue weighted by molar-refractivity contribution is -0.111. The predicted octanol–water partition coefficient (Wildman–Crippen LogP) is 5.86. The molecule has 0 heterocycles. The van der Waals surface area contributed by atoms with Gasteiger partial charge in [0.25, 0.3) is 0 Å². The average molecular weight is 409 g/mol. The Morgan fingerprint density at radius 2 is 1.69 bits per heavy atom. The number of carbonyl (C=O) groups is 1. The largest absolute Gasteiger partial charge is 0.330 e. The van der Waals surface area contributed by atoms with Gasteiger partial charge in [0.1, 0.15) is 6.29 Å². The minimum Gasteiger partial charge on any atom is -0.330 e. The van der Waals surface area contributed by atoms with Crippen LogP contribution >= 0.6 is 34.8 Å². The lowest BCUT2D eigenvalue weighted by atomic mass is 9.63. The predicted molar refractivity (Wildman–Crippen MR) is 109 cm³/mol. The van der Waals surface area contributed by atoms with Gasteiger partial charge in [-0.05, 0) is 60.7 Å². The van der Waals surface area contributed by atoms with Crippen molar-refractivity contribution in [3.63, 3.8) is 0 Å². The van der Waals surface area contributed by atoms with Crippen molar-refractivity contribution in [3.8, 4) is 0 Å². The van der Waals surface area contributed by atoms with Crippen LogP contribution in [-0.4, -0.2) is 12.8 Å². The molecule has 2 N–H and O–H groups in total. The second kappa shape index (κ2) is 8.14. The van der Waals surface area contributed by atoms with Crippen LogP contribution in [0.1, 0.15) is 29.9 Å². The summed E-state index contributed by atoms with van der Waals surface area (Å²) in [6, 6.07) is 13.3. The average Bonchev–Trinajstić information content (AvgIpc) is 2.61. The van der Waals surface area contributed by atoms with Crippen molar-refractivity contribution in [3.05, 3.63) is 80.3 Å². The van der Waals surface area contributed by atoms with E-state index in [1.54, 1.807) is 6.07 Å². The van der Waals surface area contributed by atoms with Crippen LogP contribution in [0.5, 0.6) is 0 Å². The molecule has 1 aliphatic carbocycles. The quantitative estimate of drug-likeness (QED) is 0.508. The highest BCUT2D eigenvalue weighted by atomic mass is 35.5. The first-order chi connectivity index (χ1) is 12.5. The fourth-order valence-corrected chi connectivity index (χ4v) is 4.68. The first-order valence-corrected chi connectivity index (χ1v) is 9.63. The Morgan fingerprint density at radius 1 is 1.04 bits per heavy atom. The Hall–Kier alpha value is -1.32. The van der Waals surface area contributed by atoms with E-state index in [1.165, 1.54) is 0 Å². The van der Waals surface area contributed by atoms with Crippen LogP contribution in [0.3, 0.4) is 0 Å². The lowest BCUT2D eigenvalue weighted by Gasteiger charge is -2.40. The zero-order valence-electron chi connectivity index (χ0n) is 14.3. The molecule has 0 aliphatic heterocycles. The highest BCUT2D eigenvalue weighted by Crippen LogP contribution is 2.49. The number of rotatable bonds is 4. The molecule has 0 saturated carbocycles. The van der Waals surface area contributed by atoms with E-state index in [-0.39, 0.29) is 23.7 Å². The summed E-state index contributed by atoms with van der Waals surface area (Å²) in [5, 5.41) is 1.89. The zero-order chi connectivity index (χ0) is 18.8. The van der Waals surface area contributed by atoms with Crippen LogP contribution in [0.15, 0.2) is 54.1 Å². The van der Waals surface area contributed by atoms with E-state index in [2.05, 4.69) is 6.08 Å². The van der Waals surface area contributed by atoms with Gasteiger partial charge in [0.15, 0.2) is 0 Å². The smallest absolute Gasteiger partial charge is 0.127 e. The normalized spacial score (nSPS) is 25.7. The van der Waals surface area contributed by atoms with Crippen molar-refractivity contribution in [2.24, 2.45) is 17.6 Å². The summed E-state index contributed by atoms with van der Waals surface area (Å²) in [7, 11) is 0. The molecule has 4 atom stereocenters. The molecule has 0 radical (unpaired) electrons.